The number of amides is 3. The zero-order valence-electron chi connectivity index (χ0n) is 14.9. The van der Waals surface area contributed by atoms with Crippen LogP contribution in [0.5, 0.6) is 0 Å². The van der Waals surface area contributed by atoms with Gasteiger partial charge in [0, 0.05) is 11.6 Å². The number of aromatic nitrogens is 2. The van der Waals surface area contributed by atoms with Crippen LogP contribution >= 0.6 is 0 Å². The highest BCUT2D eigenvalue weighted by Crippen LogP contribution is 2.35. The maximum absolute atomic E-state index is 13.1. The molecule has 25 heavy (non-hydrogen) atoms. The van der Waals surface area contributed by atoms with Crippen LogP contribution in [0.15, 0.2) is 4.63 Å². The third-order valence-electron chi connectivity index (χ3n) is 4.69. The molecular weight excluding hydrogens is 326 g/mol. The number of carbonyl (C=O) groups excluding carboxylic acids is 3. The number of rotatable bonds is 2. The first-order chi connectivity index (χ1) is 11.6. The van der Waals surface area contributed by atoms with E-state index in [4.69, 9.17) is 0 Å². The lowest BCUT2D eigenvalue weighted by Gasteiger charge is -2.41. The van der Waals surface area contributed by atoms with Crippen LogP contribution in [0.1, 0.15) is 63.9 Å². The molecule has 3 amide bonds. The van der Waals surface area contributed by atoms with Gasteiger partial charge in [-0.3, -0.25) is 14.4 Å². The topological polar surface area (TPSA) is 117 Å². The van der Waals surface area contributed by atoms with E-state index in [0.717, 1.165) is 25.7 Å². The van der Waals surface area contributed by atoms with Crippen LogP contribution in [0.2, 0.25) is 0 Å². The van der Waals surface area contributed by atoms with Crippen molar-refractivity contribution in [2.45, 2.75) is 70.5 Å². The third kappa shape index (κ3) is 2.87. The van der Waals surface area contributed by atoms with Gasteiger partial charge >= 0.3 is 0 Å². The van der Waals surface area contributed by atoms with E-state index in [1.165, 1.54) is 11.8 Å². The third-order valence-corrected chi connectivity index (χ3v) is 4.69. The molecule has 3 rings (SSSR count). The largest absolute Gasteiger partial charge is 0.349 e. The van der Waals surface area contributed by atoms with E-state index in [9.17, 15) is 14.4 Å². The number of hydrogen-bond acceptors (Lipinski definition) is 6. The first-order valence-corrected chi connectivity index (χ1v) is 8.45. The van der Waals surface area contributed by atoms with E-state index in [1.807, 2.05) is 20.8 Å². The molecule has 0 bridgehead atoms. The molecule has 2 aliphatic rings. The summed E-state index contributed by atoms with van der Waals surface area (Å²) in [5.41, 5.74) is -2.33. The first kappa shape index (κ1) is 17.4. The molecule has 1 aromatic rings. The molecule has 0 aromatic carbocycles. The van der Waals surface area contributed by atoms with E-state index in [1.54, 1.807) is 0 Å². The van der Waals surface area contributed by atoms with Gasteiger partial charge in [-0.25, -0.2) is 4.63 Å². The Balaban J connectivity index is 2.09. The fourth-order valence-electron chi connectivity index (χ4n) is 3.43. The Kier molecular flexibility index (Phi) is 4.04. The Bertz CT molecular complexity index is 716. The normalized spacial score (nSPS) is 24.7. The highest BCUT2D eigenvalue weighted by Gasteiger charge is 2.55. The number of carbonyl (C=O) groups is 3. The molecule has 1 unspecified atom stereocenters. The quantitative estimate of drug-likeness (QED) is 0.772. The number of nitrogens with one attached hydrogen (secondary N) is 2. The van der Waals surface area contributed by atoms with Gasteiger partial charge in [-0.1, -0.05) is 12.8 Å². The summed E-state index contributed by atoms with van der Waals surface area (Å²) < 4.78 is 4.60. The molecule has 0 saturated heterocycles. The van der Waals surface area contributed by atoms with E-state index in [-0.39, 0.29) is 17.6 Å². The van der Waals surface area contributed by atoms with Crippen LogP contribution in [-0.4, -0.2) is 50.1 Å². The van der Waals surface area contributed by atoms with Gasteiger partial charge in [0.1, 0.15) is 0 Å². The minimum absolute atomic E-state index is 0.0507. The second-order valence-electron chi connectivity index (χ2n) is 7.81. The molecule has 2 heterocycles. The smallest absolute Gasteiger partial charge is 0.281 e. The fraction of sp³-hybridized carbons (Fsp3) is 0.688. The van der Waals surface area contributed by atoms with Gasteiger partial charge in [0.15, 0.2) is 5.54 Å². The Morgan fingerprint density at radius 3 is 2.52 bits per heavy atom. The predicted molar refractivity (Wildman–Crippen MR) is 87.7 cm³/mol. The zero-order chi connectivity index (χ0) is 18.4. The highest BCUT2D eigenvalue weighted by atomic mass is 16.6. The Morgan fingerprint density at radius 2 is 1.92 bits per heavy atom. The van der Waals surface area contributed by atoms with Crippen molar-refractivity contribution in [3.63, 3.8) is 0 Å². The van der Waals surface area contributed by atoms with Gasteiger partial charge in [0.2, 0.25) is 11.5 Å². The second-order valence-corrected chi connectivity index (χ2v) is 7.81. The Labute approximate surface area is 145 Å². The molecule has 2 N–H and O–H groups in total. The van der Waals surface area contributed by atoms with E-state index in [2.05, 4.69) is 25.6 Å². The monoisotopic (exact) mass is 349 g/mol. The molecule has 1 atom stereocenters. The Morgan fingerprint density at radius 1 is 1.28 bits per heavy atom. The molecule has 136 valence electrons. The molecule has 9 nitrogen and oxygen atoms in total. The highest BCUT2D eigenvalue weighted by molar-refractivity contribution is 6.20. The second kappa shape index (κ2) is 5.82. The lowest BCUT2D eigenvalue weighted by molar-refractivity contribution is -0.143. The van der Waals surface area contributed by atoms with Crippen LogP contribution in [-0.2, 0) is 9.59 Å². The molecule has 0 spiro atoms. The average molecular weight is 349 g/mol. The molecule has 1 aromatic heterocycles. The van der Waals surface area contributed by atoms with Crippen LogP contribution in [0.3, 0.4) is 0 Å². The van der Waals surface area contributed by atoms with Crippen LogP contribution in [0.4, 0.5) is 5.82 Å². The summed E-state index contributed by atoms with van der Waals surface area (Å²) in [5.74, 6) is -1.72. The SMILES string of the molecule is CC(C)(C)NC(=O)C1(C)C(=O)Nc2nonc2C(=O)N1C1CCCC1. The van der Waals surface area contributed by atoms with Gasteiger partial charge in [-0.15, -0.1) is 0 Å². The summed E-state index contributed by atoms with van der Waals surface area (Å²) in [6.45, 7) is 6.94. The standard InChI is InChI=1S/C16H23N5O4/c1-15(2,3)18-14(24)16(4)13(23)17-11-10(19-25-20-11)12(22)21(16)9-7-5-6-8-9/h9H,5-8H2,1-4H3,(H,18,24)(H,17,20,23). The van der Waals surface area contributed by atoms with Gasteiger partial charge < -0.3 is 15.5 Å². The summed E-state index contributed by atoms with van der Waals surface area (Å²) in [4.78, 5) is 40.5. The number of hydrogen-bond donors (Lipinski definition) is 2. The van der Waals surface area contributed by atoms with Gasteiger partial charge in [0.05, 0.1) is 0 Å². The van der Waals surface area contributed by atoms with Crippen molar-refractivity contribution in [2.75, 3.05) is 5.32 Å². The summed E-state index contributed by atoms with van der Waals surface area (Å²) in [6, 6.07) is -0.211. The minimum Gasteiger partial charge on any atom is -0.349 e. The maximum atomic E-state index is 13.1. The molecule has 1 saturated carbocycles. The molecule has 0 radical (unpaired) electrons. The summed E-state index contributed by atoms with van der Waals surface area (Å²) >= 11 is 0. The molecule has 1 aliphatic carbocycles. The van der Waals surface area contributed by atoms with Crippen molar-refractivity contribution in [3.05, 3.63) is 5.69 Å². The summed E-state index contributed by atoms with van der Waals surface area (Å²) in [5, 5.41) is 12.5. The number of anilines is 1. The molecule has 1 fully saturated rings. The van der Waals surface area contributed by atoms with E-state index >= 15 is 0 Å². The summed E-state index contributed by atoms with van der Waals surface area (Å²) in [6.07, 6.45) is 3.35. The van der Waals surface area contributed by atoms with Gasteiger partial charge in [-0.2, -0.15) is 0 Å². The molecule has 9 heteroatoms. The van der Waals surface area contributed by atoms with Crippen LogP contribution < -0.4 is 10.6 Å². The van der Waals surface area contributed by atoms with Gasteiger partial charge in [-0.05, 0) is 50.8 Å². The molecule has 1 aliphatic heterocycles. The first-order valence-electron chi connectivity index (χ1n) is 8.45. The summed E-state index contributed by atoms with van der Waals surface area (Å²) in [7, 11) is 0. The van der Waals surface area contributed by atoms with Crippen molar-refractivity contribution >= 4 is 23.5 Å². The molecular formula is C16H23N5O4. The van der Waals surface area contributed by atoms with Crippen molar-refractivity contribution in [3.8, 4) is 0 Å². The lowest BCUT2D eigenvalue weighted by atomic mass is 9.92. The van der Waals surface area contributed by atoms with Crippen LogP contribution in [0.25, 0.3) is 0 Å². The van der Waals surface area contributed by atoms with Crippen molar-refractivity contribution < 1.29 is 19.0 Å². The minimum atomic E-state index is -1.70. The zero-order valence-corrected chi connectivity index (χ0v) is 14.9. The van der Waals surface area contributed by atoms with Gasteiger partial charge in [0.25, 0.3) is 17.7 Å². The van der Waals surface area contributed by atoms with Crippen molar-refractivity contribution in [1.82, 2.24) is 20.5 Å². The van der Waals surface area contributed by atoms with Crippen molar-refractivity contribution in [2.24, 2.45) is 0 Å². The maximum Gasteiger partial charge on any atom is 0.281 e. The lowest BCUT2D eigenvalue weighted by Crippen LogP contribution is -2.68. The number of fused-ring (bicyclic) bond motifs is 1. The van der Waals surface area contributed by atoms with Crippen LogP contribution in [0, 0.1) is 0 Å². The number of nitrogens with zero attached hydrogens (tertiary/aromatic N) is 3. The predicted octanol–water partition coefficient (Wildman–Crippen LogP) is 1.08. The average Bonchev–Trinajstić information content (AvgIpc) is 3.15. The fourth-order valence-corrected chi connectivity index (χ4v) is 3.43. The van der Waals surface area contributed by atoms with Crippen molar-refractivity contribution in [1.29, 1.82) is 0 Å². The van der Waals surface area contributed by atoms with E-state index in [0.29, 0.717) is 0 Å². The van der Waals surface area contributed by atoms with E-state index < -0.39 is 28.8 Å². The Hall–Kier alpha value is -2.45.